The van der Waals surface area contributed by atoms with E-state index in [0.717, 1.165) is 18.8 Å². The summed E-state index contributed by atoms with van der Waals surface area (Å²) in [6.45, 7) is 1.85. The molecule has 0 radical (unpaired) electrons. The van der Waals surface area contributed by atoms with Crippen LogP contribution in [0.25, 0.3) is 0 Å². The van der Waals surface area contributed by atoms with Crippen LogP contribution in [0.3, 0.4) is 0 Å². The molecule has 0 saturated carbocycles. The van der Waals surface area contributed by atoms with Crippen molar-refractivity contribution >= 4 is 11.6 Å². The van der Waals surface area contributed by atoms with Crippen LogP contribution in [-0.4, -0.2) is 23.0 Å². The molecule has 102 valence electrons. The monoisotopic (exact) mass is 268 g/mol. The summed E-state index contributed by atoms with van der Waals surface area (Å²) in [5.41, 5.74) is 3.58. The fourth-order valence-corrected chi connectivity index (χ4v) is 2.51. The predicted octanol–water partition coefficient (Wildman–Crippen LogP) is 2.59. The first kappa shape index (κ1) is 12.7. The van der Waals surface area contributed by atoms with Crippen molar-refractivity contribution in [3.8, 4) is 5.75 Å². The number of carbonyl (C=O) groups is 1. The van der Waals surface area contributed by atoms with Crippen molar-refractivity contribution < 1.29 is 9.90 Å². The minimum Gasteiger partial charge on any atom is -0.507 e. The van der Waals surface area contributed by atoms with Crippen molar-refractivity contribution in [3.63, 3.8) is 0 Å². The molecule has 4 nitrogen and oxygen atoms in total. The Morgan fingerprint density at radius 1 is 1.15 bits per heavy atom. The Balaban J connectivity index is 1.81. The van der Waals surface area contributed by atoms with E-state index in [2.05, 4.69) is 17.3 Å². The molecule has 0 aromatic heterocycles. The molecule has 3 rings (SSSR count). The van der Waals surface area contributed by atoms with Gasteiger partial charge in [-0.1, -0.05) is 18.2 Å². The highest BCUT2D eigenvalue weighted by Crippen LogP contribution is 2.25. The zero-order valence-electron chi connectivity index (χ0n) is 11.3. The zero-order valence-corrected chi connectivity index (χ0v) is 11.3. The molecule has 0 fully saturated rings. The van der Waals surface area contributed by atoms with Crippen molar-refractivity contribution in [1.82, 2.24) is 4.90 Å². The number of hydrogen-bond acceptors (Lipinski definition) is 3. The summed E-state index contributed by atoms with van der Waals surface area (Å²) in [6.07, 6.45) is 0. The van der Waals surface area contributed by atoms with E-state index in [1.807, 2.05) is 18.2 Å². The molecule has 20 heavy (non-hydrogen) atoms. The number of fused-ring (bicyclic) bond motifs is 1. The van der Waals surface area contributed by atoms with Crippen LogP contribution < -0.4 is 5.32 Å². The van der Waals surface area contributed by atoms with Gasteiger partial charge in [0.2, 0.25) is 0 Å². The molecular weight excluding hydrogens is 252 g/mol. The summed E-state index contributed by atoms with van der Waals surface area (Å²) in [5, 5.41) is 12.5. The number of amides is 1. The molecular formula is C16H16N2O2. The molecule has 0 spiro atoms. The summed E-state index contributed by atoms with van der Waals surface area (Å²) in [6, 6.07) is 12.5. The van der Waals surface area contributed by atoms with E-state index >= 15 is 0 Å². The van der Waals surface area contributed by atoms with Crippen LogP contribution >= 0.6 is 0 Å². The molecule has 2 aromatic carbocycles. The van der Waals surface area contributed by atoms with Crippen LogP contribution in [0, 0.1) is 0 Å². The topological polar surface area (TPSA) is 52.6 Å². The van der Waals surface area contributed by atoms with Gasteiger partial charge in [-0.3, -0.25) is 9.69 Å². The number of anilines is 1. The molecule has 1 aliphatic heterocycles. The number of carbonyl (C=O) groups excluding carboxylic acids is 1. The average molecular weight is 268 g/mol. The van der Waals surface area contributed by atoms with Gasteiger partial charge in [0.1, 0.15) is 5.75 Å². The van der Waals surface area contributed by atoms with E-state index < -0.39 is 0 Å². The minimum absolute atomic E-state index is 0.00843. The third-order valence-electron chi connectivity index (χ3n) is 3.49. The van der Waals surface area contributed by atoms with E-state index in [1.165, 1.54) is 17.2 Å². The maximum atomic E-state index is 12.1. The van der Waals surface area contributed by atoms with Gasteiger partial charge in [-0.2, -0.15) is 0 Å². The van der Waals surface area contributed by atoms with Crippen molar-refractivity contribution in [1.29, 1.82) is 0 Å². The molecule has 2 N–H and O–H groups in total. The van der Waals surface area contributed by atoms with E-state index in [-0.39, 0.29) is 17.2 Å². The van der Waals surface area contributed by atoms with Crippen molar-refractivity contribution in [2.75, 3.05) is 12.4 Å². The van der Waals surface area contributed by atoms with Gasteiger partial charge in [-0.15, -0.1) is 0 Å². The molecule has 1 aliphatic rings. The molecule has 0 unspecified atom stereocenters. The van der Waals surface area contributed by atoms with E-state index in [1.54, 1.807) is 18.2 Å². The number of nitrogens with one attached hydrogen (secondary N) is 1. The summed E-state index contributed by atoms with van der Waals surface area (Å²) < 4.78 is 0. The summed E-state index contributed by atoms with van der Waals surface area (Å²) in [5.74, 6) is -0.305. The van der Waals surface area contributed by atoms with Crippen LogP contribution in [0.4, 0.5) is 5.69 Å². The number of aromatic hydroxyl groups is 1. The fraction of sp³-hybridized carbons (Fsp3) is 0.188. The van der Waals surface area contributed by atoms with Gasteiger partial charge in [-0.05, 0) is 42.4 Å². The van der Waals surface area contributed by atoms with Gasteiger partial charge in [0.25, 0.3) is 5.91 Å². The molecule has 2 aromatic rings. The van der Waals surface area contributed by atoms with Crippen molar-refractivity contribution in [2.24, 2.45) is 0 Å². The molecule has 0 aliphatic carbocycles. The molecule has 0 bridgehead atoms. The van der Waals surface area contributed by atoms with E-state index in [0.29, 0.717) is 0 Å². The summed E-state index contributed by atoms with van der Waals surface area (Å²) in [7, 11) is 2.07. The van der Waals surface area contributed by atoms with Gasteiger partial charge in [0.05, 0.1) is 5.56 Å². The van der Waals surface area contributed by atoms with Crippen LogP contribution in [0.1, 0.15) is 21.5 Å². The lowest BCUT2D eigenvalue weighted by Crippen LogP contribution is -2.12. The van der Waals surface area contributed by atoms with Gasteiger partial charge >= 0.3 is 0 Å². The molecule has 1 amide bonds. The molecule has 1 heterocycles. The maximum absolute atomic E-state index is 12.1. The fourth-order valence-electron chi connectivity index (χ4n) is 2.51. The second-order valence-corrected chi connectivity index (χ2v) is 5.13. The predicted molar refractivity (Wildman–Crippen MR) is 77.7 cm³/mol. The highest BCUT2D eigenvalue weighted by Gasteiger charge is 2.16. The lowest BCUT2D eigenvalue weighted by molar-refractivity contribution is 0.102. The largest absolute Gasteiger partial charge is 0.507 e. The Hall–Kier alpha value is -2.33. The first-order valence-corrected chi connectivity index (χ1v) is 6.53. The highest BCUT2D eigenvalue weighted by molar-refractivity contribution is 6.06. The van der Waals surface area contributed by atoms with Crippen LogP contribution in [-0.2, 0) is 13.1 Å². The normalized spacial score (nSPS) is 14.1. The van der Waals surface area contributed by atoms with Crippen LogP contribution in [0.2, 0.25) is 0 Å². The summed E-state index contributed by atoms with van der Waals surface area (Å²) >= 11 is 0. The standard InChI is InChI=1S/C16H16N2O2/c1-18-9-11-6-7-13(8-12(11)10-18)17-16(20)14-4-2-3-5-15(14)19/h2-8,19H,9-10H2,1H3,(H,17,20). The second kappa shape index (κ2) is 4.98. The number of nitrogens with zero attached hydrogens (tertiary/aromatic N) is 1. The van der Waals surface area contributed by atoms with Crippen molar-refractivity contribution in [2.45, 2.75) is 13.1 Å². The Morgan fingerprint density at radius 3 is 2.70 bits per heavy atom. The van der Waals surface area contributed by atoms with Crippen LogP contribution in [0.15, 0.2) is 42.5 Å². The number of phenolic OH excluding ortho intramolecular Hbond substituents is 1. The Labute approximate surface area is 117 Å². The third kappa shape index (κ3) is 2.38. The number of phenols is 1. The lowest BCUT2D eigenvalue weighted by atomic mass is 10.1. The van der Waals surface area contributed by atoms with Gasteiger partial charge < -0.3 is 10.4 Å². The smallest absolute Gasteiger partial charge is 0.259 e. The maximum Gasteiger partial charge on any atom is 0.259 e. The van der Waals surface area contributed by atoms with E-state index in [4.69, 9.17) is 0 Å². The average Bonchev–Trinajstić information content (AvgIpc) is 2.78. The second-order valence-electron chi connectivity index (χ2n) is 5.13. The zero-order chi connectivity index (χ0) is 14.1. The number of benzene rings is 2. The first-order valence-electron chi connectivity index (χ1n) is 6.53. The van der Waals surface area contributed by atoms with Crippen molar-refractivity contribution in [3.05, 3.63) is 59.2 Å². The number of hydrogen-bond donors (Lipinski definition) is 2. The van der Waals surface area contributed by atoms with Crippen LogP contribution in [0.5, 0.6) is 5.75 Å². The van der Waals surface area contributed by atoms with Gasteiger partial charge in [0.15, 0.2) is 0 Å². The lowest BCUT2D eigenvalue weighted by Gasteiger charge is -2.08. The molecule has 0 atom stereocenters. The Bertz CT molecular complexity index is 667. The van der Waals surface area contributed by atoms with E-state index in [9.17, 15) is 9.90 Å². The van der Waals surface area contributed by atoms with Gasteiger partial charge in [-0.25, -0.2) is 0 Å². The van der Waals surface area contributed by atoms with Gasteiger partial charge in [0, 0.05) is 18.8 Å². The molecule has 4 heteroatoms. The molecule has 0 saturated heterocycles. The Kier molecular flexibility index (Phi) is 3.16. The summed E-state index contributed by atoms with van der Waals surface area (Å²) in [4.78, 5) is 14.3. The third-order valence-corrected chi connectivity index (χ3v) is 3.49. The quantitative estimate of drug-likeness (QED) is 0.880. The number of para-hydroxylation sites is 1. The minimum atomic E-state index is -0.297. The first-order chi connectivity index (χ1) is 9.63. The SMILES string of the molecule is CN1Cc2ccc(NC(=O)c3ccccc3O)cc2C1. The number of rotatable bonds is 2. The Morgan fingerprint density at radius 2 is 1.90 bits per heavy atom. The highest BCUT2D eigenvalue weighted by atomic mass is 16.3.